The third-order valence-corrected chi connectivity index (χ3v) is 5.54. The van der Waals surface area contributed by atoms with E-state index in [0.717, 1.165) is 25.9 Å². The van der Waals surface area contributed by atoms with Crippen LogP contribution in [0.5, 0.6) is 0 Å². The molecule has 2 saturated heterocycles. The lowest BCUT2D eigenvalue weighted by Gasteiger charge is -2.41. The molecule has 29 heavy (non-hydrogen) atoms. The van der Waals surface area contributed by atoms with Crippen molar-refractivity contribution in [3.05, 3.63) is 40.9 Å². The second kappa shape index (κ2) is 8.30. The van der Waals surface area contributed by atoms with Crippen LogP contribution in [0.3, 0.4) is 0 Å². The van der Waals surface area contributed by atoms with Crippen molar-refractivity contribution >= 4 is 22.7 Å². The number of likely N-dealkylation sites (tertiary alicyclic amines) is 1. The summed E-state index contributed by atoms with van der Waals surface area (Å²) in [6, 6.07) is 7.31. The second-order valence-corrected chi connectivity index (χ2v) is 7.81. The first kappa shape index (κ1) is 19.5. The van der Waals surface area contributed by atoms with Crippen molar-refractivity contribution in [3.63, 3.8) is 0 Å². The van der Waals surface area contributed by atoms with Gasteiger partial charge in [0.05, 0.1) is 17.2 Å². The molecule has 2 aliphatic rings. The van der Waals surface area contributed by atoms with Crippen LogP contribution in [0.15, 0.2) is 35.4 Å². The third kappa shape index (κ3) is 4.46. The topological polar surface area (TPSA) is 108 Å². The fraction of sp³-hybridized carbons (Fsp3) is 0.500. The number of rotatable bonds is 4. The Morgan fingerprint density at radius 2 is 2.00 bits per heavy atom. The molecular weight excluding hydrogens is 372 g/mol. The van der Waals surface area contributed by atoms with Crippen molar-refractivity contribution in [1.82, 2.24) is 30.4 Å². The van der Waals surface area contributed by atoms with Gasteiger partial charge in [0.25, 0.3) is 5.56 Å². The SMILES string of the molecule is CC1CC(=O)NC(N2CCC(NC(=O)Cn3cnc4ccccc4c3=O)CC2)N1. The molecule has 3 heterocycles. The number of piperidine rings is 1. The highest BCUT2D eigenvalue weighted by molar-refractivity contribution is 5.79. The molecule has 4 rings (SSSR count). The van der Waals surface area contributed by atoms with E-state index in [2.05, 4.69) is 25.8 Å². The molecule has 1 aromatic heterocycles. The van der Waals surface area contributed by atoms with Gasteiger partial charge in [0.1, 0.15) is 12.8 Å². The van der Waals surface area contributed by atoms with Crippen molar-refractivity contribution in [1.29, 1.82) is 0 Å². The van der Waals surface area contributed by atoms with E-state index in [-0.39, 0.29) is 42.3 Å². The largest absolute Gasteiger partial charge is 0.352 e. The maximum Gasteiger partial charge on any atom is 0.261 e. The number of amides is 2. The molecule has 0 spiro atoms. The summed E-state index contributed by atoms with van der Waals surface area (Å²) >= 11 is 0. The highest BCUT2D eigenvalue weighted by Crippen LogP contribution is 2.14. The number of hydrogen-bond donors (Lipinski definition) is 3. The van der Waals surface area contributed by atoms with E-state index in [1.807, 2.05) is 13.0 Å². The molecule has 9 heteroatoms. The van der Waals surface area contributed by atoms with Crippen LogP contribution >= 0.6 is 0 Å². The summed E-state index contributed by atoms with van der Waals surface area (Å²) < 4.78 is 1.34. The maximum atomic E-state index is 12.5. The Bertz CT molecular complexity index is 966. The molecule has 2 aliphatic heterocycles. The monoisotopic (exact) mass is 398 g/mol. The predicted octanol–water partition coefficient (Wildman–Crippen LogP) is -0.241. The summed E-state index contributed by atoms with van der Waals surface area (Å²) in [6.07, 6.45) is 3.35. The Balaban J connectivity index is 1.31. The molecular formula is C20H26N6O3. The van der Waals surface area contributed by atoms with Gasteiger partial charge in [-0.1, -0.05) is 12.1 Å². The number of fused-ring (bicyclic) bond motifs is 1. The fourth-order valence-electron chi connectivity index (χ4n) is 4.01. The van der Waals surface area contributed by atoms with Gasteiger partial charge >= 0.3 is 0 Å². The summed E-state index contributed by atoms with van der Waals surface area (Å²) in [5.74, 6) is -0.133. The van der Waals surface area contributed by atoms with Crippen LogP contribution in [0, 0.1) is 0 Å². The molecule has 3 N–H and O–H groups in total. The van der Waals surface area contributed by atoms with Crippen molar-refractivity contribution < 1.29 is 9.59 Å². The van der Waals surface area contributed by atoms with Crippen molar-refractivity contribution in [2.75, 3.05) is 13.1 Å². The van der Waals surface area contributed by atoms with Crippen LogP contribution in [0.1, 0.15) is 26.2 Å². The summed E-state index contributed by atoms with van der Waals surface area (Å²) in [4.78, 5) is 43.2. The number of para-hydroxylation sites is 1. The van der Waals surface area contributed by atoms with Crippen molar-refractivity contribution in [3.8, 4) is 0 Å². The minimum absolute atomic E-state index is 0.0470. The zero-order valence-electron chi connectivity index (χ0n) is 16.4. The smallest absolute Gasteiger partial charge is 0.261 e. The Morgan fingerprint density at radius 3 is 2.76 bits per heavy atom. The van der Waals surface area contributed by atoms with Crippen LogP contribution in [0.4, 0.5) is 0 Å². The Labute approximate surface area is 168 Å². The quantitative estimate of drug-likeness (QED) is 0.656. The van der Waals surface area contributed by atoms with Crippen molar-refractivity contribution in [2.45, 2.75) is 51.1 Å². The van der Waals surface area contributed by atoms with Gasteiger partial charge in [-0.25, -0.2) is 4.98 Å². The number of hydrogen-bond acceptors (Lipinski definition) is 6. The van der Waals surface area contributed by atoms with Gasteiger partial charge in [0.2, 0.25) is 11.8 Å². The lowest BCUT2D eigenvalue weighted by Crippen LogP contribution is -2.65. The average molecular weight is 398 g/mol. The zero-order valence-corrected chi connectivity index (χ0v) is 16.4. The molecule has 1 aromatic carbocycles. The van der Waals surface area contributed by atoms with Crippen molar-refractivity contribution in [2.24, 2.45) is 0 Å². The van der Waals surface area contributed by atoms with Crippen LogP contribution in [0.2, 0.25) is 0 Å². The van der Waals surface area contributed by atoms with Crippen LogP contribution in [0.25, 0.3) is 10.9 Å². The first-order chi connectivity index (χ1) is 14.0. The predicted molar refractivity (Wildman–Crippen MR) is 108 cm³/mol. The third-order valence-electron chi connectivity index (χ3n) is 5.54. The lowest BCUT2D eigenvalue weighted by atomic mass is 10.0. The normalized spacial score (nSPS) is 23.7. The Morgan fingerprint density at radius 1 is 1.24 bits per heavy atom. The van der Waals surface area contributed by atoms with E-state index >= 15 is 0 Å². The summed E-state index contributed by atoms with van der Waals surface area (Å²) in [7, 11) is 0. The number of carbonyl (C=O) groups is 2. The van der Waals surface area contributed by atoms with Gasteiger partial charge in [-0.2, -0.15) is 0 Å². The molecule has 9 nitrogen and oxygen atoms in total. The molecule has 2 atom stereocenters. The summed E-state index contributed by atoms with van der Waals surface area (Å²) in [5.41, 5.74) is 0.410. The molecule has 0 radical (unpaired) electrons. The van der Waals surface area contributed by atoms with E-state index in [0.29, 0.717) is 17.3 Å². The summed E-state index contributed by atoms with van der Waals surface area (Å²) in [5, 5.41) is 9.89. The van der Waals surface area contributed by atoms with Gasteiger partial charge < -0.3 is 10.6 Å². The second-order valence-electron chi connectivity index (χ2n) is 7.81. The average Bonchev–Trinajstić information content (AvgIpc) is 2.70. The highest BCUT2D eigenvalue weighted by atomic mass is 16.2. The molecule has 2 fully saturated rings. The van der Waals surface area contributed by atoms with E-state index < -0.39 is 0 Å². The van der Waals surface area contributed by atoms with Crippen LogP contribution < -0.4 is 21.5 Å². The molecule has 0 saturated carbocycles. The van der Waals surface area contributed by atoms with E-state index in [1.165, 1.54) is 10.9 Å². The van der Waals surface area contributed by atoms with E-state index in [1.54, 1.807) is 18.2 Å². The number of benzene rings is 1. The van der Waals surface area contributed by atoms with E-state index in [4.69, 9.17) is 0 Å². The van der Waals surface area contributed by atoms with Gasteiger partial charge in [0, 0.05) is 31.6 Å². The number of carbonyl (C=O) groups excluding carboxylic acids is 2. The Hall–Kier alpha value is -2.78. The van der Waals surface area contributed by atoms with Gasteiger partial charge in [-0.05, 0) is 31.9 Å². The molecule has 2 unspecified atom stereocenters. The van der Waals surface area contributed by atoms with Gasteiger partial charge in [0.15, 0.2) is 0 Å². The molecule has 2 amide bonds. The minimum atomic E-state index is -0.214. The number of aromatic nitrogens is 2. The maximum absolute atomic E-state index is 12.5. The molecule has 0 bridgehead atoms. The van der Waals surface area contributed by atoms with Gasteiger partial charge in [-0.15, -0.1) is 0 Å². The van der Waals surface area contributed by atoms with Crippen LogP contribution in [-0.4, -0.2) is 57.7 Å². The van der Waals surface area contributed by atoms with E-state index in [9.17, 15) is 14.4 Å². The fourth-order valence-corrected chi connectivity index (χ4v) is 4.01. The van der Waals surface area contributed by atoms with Crippen LogP contribution in [-0.2, 0) is 16.1 Å². The molecule has 154 valence electrons. The first-order valence-corrected chi connectivity index (χ1v) is 10.0. The lowest BCUT2D eigenvalue weighted by molar-refractivity contribution is -0.127. The Kier molecular flexibility index (Phi) is 5.59. The molecule has 0 aliphatic carbocycles. The zero-order chi connectivity index (χ0) is 20.4. The first-order valence-electron chi connectivity index (χ1n) is 10.0. The standard InChI is InChI=1S/C20H26N6O3/c1-13-10-17(27)24-20(22-13)25-8-6-14(7-9-25)23-18(28)11-26-12-21-16-5-3-2-4-15(16)19(26)29/h2-5,12-14,20,22H,6-11H2,1H3,(H,23,28)(H,24,27). The van der Waals surface area contributed by atoms with Gasteiger partial charge in [-0.3, -0.25) is 29.2 Å². The number of nitrogens with one attached hydrogen (secondary N) is 3. The molecule has 2 aromatic rings. The minimum Gasteiger partial charge on any atom is -0.352 e. The highest BCUT2D eigenvalue weighted by Gasteiger charge is 2.30. The number of nitrogens with zero attached hydrogens (tertiary/aromatic N) is 3. The summed E-state index contributed by atoms with van der Waals surface area (Å²) in [6.45, 7) is 3.50.